The van der Waals surface area contributed by atoms with Gasteiger partial charge in [-0.25, -0.2) is 13.4 Å². The van der Waals surface area contributed by atoms with Crippen LogP contribution in [0.25, 0.3) is 11.7 Å². The molecule has 0 bridgehead atoms. The highest BCUT2D eigenvalue weighted by Crippen LogP contribution is 2.36. The van der Waals surface area contributed by atoms with Gasteiger partial charge in [0.2, 0.25) is 0 Å². The monoisotopic (exact) mass is 492 g/mol. The lowest BCUT2D eigenvalue weighted by Crippen LogP contribution is -2.39. The number of aryl methyl sites for hydroxylation is 1. The van der Waals surface area contributed by atoms with E-state index in [1.165, 1.54) is 15.4 Å². The molecule has 2 fully saturated rings. The molecule has 0 aromatic carbocycles. The van der Waals surface area contributed by atoms with Gasteiger partial charge in [-0.3, -0.25) is 18.9 Å². The average Bonchev–Trinajstić information content (AvgIpc) is 3.20. The van der Waals surface area contributed by atoms with E-state index in [9.17, 15) is 18.0 Å². The zero-order chi connectivity index (χ0) is 23.2. The molecule has 170 valence electrons. The SMILES string of the molecule is Cc1cccn2c(=O)c(C=C3SC(=S)N(C4CCS(=O)(=O)C4)C3=O)c(NCC(C)C)nc12. The fourth-order valence-corrected chi connectivity index (χ4v) is 6.86. The van der Waals surface area contributed by atoms with Crippen LogP contribution < -0.4 is 10.9 Å². The molecule has 2 aromatic rings. The van der Waals surface area contributed by atoms with E-state index < -0.39 is 15.9 Å². The smallest absolute Gasteiger partial charge is 0.267 e. The first-order chi connectivity index (χ1) is 15.1. The predicted molar refractivity (Wildman–Crippen MR) is 132 cm³/mol. The van der Waals surface area contributed by atoms with Gasteiger partial charge in [0.15, 0.2) is 9.84 Å². The molecule has 32 heavy (non-hydrogen) atoms. The molecule has 4 heterocycles. The molecule has 2 saturated heterocycles. The number of nitrogens with zero attached hydrogens (tertiary/aromatic N) is 3. The van der Waals surface area contributed by atoms with Crippen LogP contribution in [0.3, 0.4) is 0 Å². The Morgan fingerprint density at radius 1 is 1.38 bits per heavy atom. The van der Waals surface area contributed by atoms with Crippen molar-refractivity contribution >= 4 is 61.6 Å². The van der Waals surface area contributed by atoms with Crippen LogP contribution in [0.5, 0.6) is 0 Å². The summed E-state index contributed by atoms with van der Waals surface area (Å²) in [5, 5.41) is 3.23. The van der Waals surface area contributed by atoms with Gasteiger partial charge >= 0.3 is 0 Å². The fraction of sp³-hybridized carbons (Fsp3) is 0.429. The molecule has 1 N–H and O–H groups in total. The highest BCUT2D eigenvalue weighted by atomic mass is 32.2. The maximum atomic E-state index is 13.3. The van der Waals surface area contributed by atoms with Gasteiger partial charge in [0.05, 0.1) is 28.0 Å². The lowest BCUT2D eigenvalue weighted by molar-refractivity contribution is -0.123. The van der Waals surface area contributed by atoms with Gasteiger partial charge in [-0.15, -0.1) is 0 Å². The Morgan fingerprint density at radius 3 is 2.78 bits per heavy atom. The number of hydrogen-bond acceptors (Lipinski definition) is 8. The van der Waals surface area contributed by atoms with Gasteiger partial charge < -0.3 is 5.32 Å². The molecule has 1 unspecified atom stereocenters. The predicted octanol–water partition coefficient (Wildman–Crippen LogP) is 2.46. The van der Waals surface area contributed by atoms with E-state index in [1.54, 1.807) is 12.3 Å². The molecule has 1 atom stereocenters. The third-order valence-corrected chi connectivity index (χ3v) is 8.52. The normalized spacial score (nSPS) is 21.9. The second kappa shape index (κ2) is 8.60. The summed E-state index contributed by atoms with van der Waals surface area (Å²) in [6, 6.07) is 3.20. The van der Waals surface area contributed by atoms with E-state index in [-0.39, 0.29) is 28.5 Å². The number of hydrogen-bond donors (Lipinski definition) is 1. The molecule has 2 aromatic heterocycles. The van der Waals surface area contributed by atoms with Crippen molar-refractivity contribution in [3.05, 3.63) is 44.7 Å². The average molecular weight is 493 g/mol. The second-order valence-corrected chi connectivity index (χ2v) is 12.4. The van der Waals surface area contributed by atoms with Crippen LogP contribution in [-0.4, -0.2) is 57.0 Å². The van der Waals surface area contributed by atoms with Crippen LogP contribution in [0, 0.1) is 12.8 Å². The number of carbonyl (C=O) groups excluding carboxylic acids is 1. The first-order valence-electron chi connectivity index (χ1n) is 10.3. The number of fused-ring (bicyclic) bond motifs is 1. The number of anilines is 1. The van der Waals surface area contributed by atoms with E-state index in [2.05, 4.69) is 10.3 Å². The molecule has 2 aliphatic rings. The van der Waals surface area contributed by atoms with E-state index in [1.807, 2.05) is 26.8 Å². The maximum absolute atomic E-state index is 13.3. The van der Waals surface area contributed by atoms with Crippen molar-refractivity contribution < 1.29 is 13.2 Å². The lowest BCUT2D eigenvalue weighted by atomic mass is 10.2. The Morgan fingerprint density at radius 2 is 2.12 bits per heavy atom. The Bertz CT molecular complexity index is 1310. The number of sulfone groups is 1. The van der Waals surface area contributed by atoms with Crippen LogP contribution in [0.4, 0.5) is 5.82 Å². The Balaban J connectivity index is 1.78. The van der Waals surface area contributed by atoms with Crippen molar-refractivity contribution in [2.75, 3.05) is 23.4 Å². The van der Waals surface area contributed by atoms with Crippen molar-refractivity contribution in [3.8, 4) is 0 Å². The molecule has 4 rings (SSSR count). The van der Waals surface area contributed by atoms with E-state index in [4.69, 9.17) is 12.2 Å². The van der Waals surface area contributed by atoms with Crippen molar-refractivity contribution in [1.82, 2.24) is 14.3 Å². The molecule has 0 aliphatic carbocycles. The van der Waals surface area contributed by atoms with Gasteiger partial charge in [-0.1, -0.05) is 43.9 Å². The summed E-state index contributed by atoms with van der Waals surface area (Å²) in [6.45, 7) is 6.59. The van der Waals surface area contributed by atoms with Crippen molar-refractivity contribution in [3.63, 3.8) is 0 Å². The number of aromatic nitrogens is 2. The van der Waals surface area contributed by atoms with Crippen LogP contribution in [-0.2, 0) is 14.6 Å². The van der Waals surface area contributed by atoms with Gasteiger partial charge in [0.25, 0.3) is 11.5 Å². The van der Waals surface area contributed by atoms with Gasteiger partial charge in [0, 0.05) is 12.7 Å². The summed E-state index contributed by atoms with van der Waals surface area (Å²) in [4.78, 5) is 32.8. The van der Waals surface area contributed by atoms with Crippen LogP contribution in [0.15, 0.2) is 28.0 Å². The topological polar surface area (TPSA) is 101 Å². The Kier molecular flexibility index (Phi) is 6.17. The zero-order valence-electron chi connectivity index (χ0n) is 18.0. The number of rotatable bonds is 5. The van der Waals surface area contributed by atoms with Crippen molar-refractivity contribution in [2.45, 2.75) is 33.2 Å². The number of thioether (sulfide) groups is 1. The zero-order valence-corrected chi connectivity index (χ0v) is 20.4. The summed E-state index contributed by atoms with van der Waals surface area (Å²) in [5.74, 6) is 0.319. The summed E-state index contributed by atoms with van der Waals surface area (Å²) >= 11 is 6.47. The summed E-state index contributed by atoms with van der Waals surface area (Å²) < 4.78 is 25.6. The summed E-state index contributed by atoms with van der Waals surface area (Å²) in [6.07, 6.45) is 3.54. The second-order valence-electron chi connectivity index (χ2n) is 8.45. The maximum Gasteiger partial charge on any atom is 0.267 e. The number of nitrogens with one attached hydrogen (secondary N) is 1. The Hall–Kier alpha value is -2.24. The molecule has 0 radical (unpaired) electrons. The van der Waals surface area contributed by atoms with Gasteiger partial charge in [-0.2, -0.15) is 0 Å². The fourth-order valence-electron chi connectivity index (χ4n) is 3.78. The lowest BCUT2D eigenvalue weighted by Gasteiger charge is -2.20. The molecular weight excluding hydrogens is 468 g/mol. The van der Waals surface area contributed by atoms with Crippen LogP contribution >= 0.6 is 24.0 Å². The number of carbonyl (C=O) groups is 1. The molecule has 0 saturated carbocycles. The van der Waals surface area contributed by atoms with Crippen molar-refractivity contribution in [1.29, 1.82) is 0 Å². The third kappa shape index (κ3) is 4.33. The van der Waals surface area contributed by atoms with E-state index in [0.717, 1.165) is 17.3 Å². The standard InChI is InChI=1S/C21H24N4O4S3/c1-12(2)10-22-17-15(19(26)24-7-4-5-13(3)18(24)23-17)9-16-20(27)25(21(30)31-16)14-6-8-32(28,29)11-14/h4-5,7,9,12,14,22H,6,8,10-11H2,1-3H3. The molecule has 8 nitrogen and oxygen atoms in total. The molecule has 2 aliphatic heterocycles. The van der Waals surface area contributed by atoms with Gasteiger partial charge in [-0.05, 0) is 37.0 Å². The minimum absolute atomic E-state index is 0.0480. The summed E-state index contributed by atoms with van der Waals surface area (Å²) in [5.41, 5.74) is 1.38. The quantitative estimate of drug-likeness (QED) is 0.502. The van der Waals surface area contributed by atoms with Crippen LogP contribution in [0.1, 0.15) is 31.4 Å². The largest absolute Gasteiger partial charge is 0.369 e. The van der Waals surface area contributed by atoms with Gasteiger partial charge in [0.1, 0.15) is 15.8 Å². The highest BCUT2D eigenvalue weighted by molar-refractivity contribution is 8.26. The van der Waals surface area contributed by atoms with E-state index in [0.29, 0.717) is 39.6 Å². The van der Waals surface area contributed by atoms with Crippen molar-refractivity contribution in [2.24, 2.45) is 5.92 Å². The third-order valence-electron chi connectivity index (χ3n) is 5.43. The highest BCUT2D eigenvalue weighted by Gasteiger charge is 2.42. The molecule has 0 spiro atoms. The van der Waals surface area contributed by atoms with Crippen LogP contribution in [0.2, 0.25) is 0 Å². The number of amides is 1. The minimum Gasteiger partial charge on any atom is -0.369 e. The first kappa shape index (κ1) is 22.9. The molecular formula is C21H24N4O4S3. The molecule has 1 amide bonds. The summed E-state index contributed by atoms with van der Waals surface area (Å²) in [7, 11) is -3.17. The molecule has 11 heteroatoms. The number of pyridine rings is 1. The Labute approximate surface area is 196 Å². The van der Waals surface area contributed by atoms with E-state index >= 15 is 0 Å². The number of thiocarbonyl (C=S) groups is 1. The minimum atomic E-state index is -3.17. The first-order valence-corrected chi connectivity index (χ1v) is 13.4.